The lowest BCUT2D eigenvalue weighted by Crippen LogP contribution is -2.25. The molecule has 4 atom stereocenters. The molecule has 2 bridgehead atoms. The molecule has 0 saturated carbocycles. The maximum atomic E-state index is 11.1. The van der Waals surface area contributed by atoms with Gasteiger partial charge in [0, 0.05) is 35.1 Å². The first-order chi connectivity index (χ1) is 16.8. The van der Waals surface area contributed by atoms with Gasteiger partial charge in [-0.3, -0.25) is 0 Å². The maximum Gasteiger partial charge on any atom is 0.123 e. The van der Waals surface area contributed by atoms with Gasteiger partial charge in [-0.05, 0) is 58.7 Å². The third-order valence-electron chi connectivity index (χ3n) is 6.99. The van der Waals surface area contributed by atoms with Crippen molar-refractivity contribution in [3.8, 4) is 34.5 Å². The molecule has 6 N–H and O–H groups in total. The molecule has 7 nitrogen and oxygen atoms in total. The molecule has 0 spiro atoms. The first-order valence-electron chi connectivity index (χ1n) is 11.2. The molecule has 0 radical (unpaired) electrons. The number of fused-ring (bicyclic) bond motifs is 2. The second-order valence-corrected chi connectivity index (χ2v) is 9.05. The van der Waals surface area contributed by atoms with Gasteiger partial charge in [0.25, 0.3) is 0 Å². The average Bonchev–Trinajstić information content (AvgIpc) is 3.02. The summed E-state index contributed by atoms with van der Waals surface area (Å²) in [6, 6.07) is 18.8. The van der Waals surface area contributed by atoms with Gasteiger partial charge in [-0.15, -0.1) is 0 Å². The van der Waals surface area contributed by atoms with E-state index < -0.39 is 24.0 Å². The number of phenolic OH excluding ortho intramolecular Hbond substituents is 6. The van der Waals surface area contributed by atoms with E-state index >= 15 is 0 Å². The van der Waals surface area contributed by atoms with Gasteiger partial charge in [0.15, 0.2) is 0 Å². The van der Waals surface area contributed by atoms with Gasteiger partial charge >= 0.3 is 0 Å². The lowest BCUT2D eigenvalue weighted by molar-refractivity contribution is -0.0396. The van der Waals surface area contributed by atoms with Crippen LogP contribution in [0.4, 0.5) is 0 Å². The van der Waals surface area contributed by atoms with Crippen molar-refractivity contribution in [1.29, 1.82) is 0 Å². The highest BCUT2D eigenvalue weighted by Gasteiger charge is 2.49. The van der Waals surface area contributed by atoms with Gasteiger partial charge in [-0.2, -0.15) is 0 Å². The molecule has 35 heavy (non-hydrogen) atoms. The standard InChI is InChI=1S/C28H22O7/c29-15-5-1-13(2-6-15)23-24-19(9-17(31)11-21(24)33)26-25-20(10-18(32)12-22(25)34)28(23)35-27(26)14-3-7-16(30)8-4-14/h1-12,23,26-34H/t23-,26+,27+,28+/m1/s1. The van der Waals surface area contributed by atoms with Gasteiger partial charge in [-0.1, -0.05) is 24.3 Å². The van der Waals surface area contributed by atoms with Crippen molar-refractivity contribution in [2.45, 2.75) is 24.0 Å². The Kier molecular flexibility index (Phi) is 4.59. The van der Waals surface area contributed by atoms with Crippen molar-refractivity contribution in [2.24, 2.45) is 0 Å². The van der Waals surface area contributed by atoms with E-state index in [0.29, 0.717) is 22.3 Å². The Morgan fingerprint density at radius 2 is 0.943 bits per heavy atom. The fourth-order valence-electron chi connectivity index (χ4n) is 5.61. The fourth-order valence-corrected chi connectivity index (χ4v) is 5.61. The molecule has 7 heteroatoms. The monoisotopic (exact) mass is 470 g/mol. The van der Waals surface area contributed by atoms with Crippen LogP contribution in [0.2, 0.25) is 0 Å². The highest BCUT2D eigenvalue weighted by atomic mass is 16.5. The summed E-state index contributed by atoms with van der Waals surface area (Å²) >= 11 is 0. The predicted molar refractivity (Wildman–Crippen MR) is 126 cm³/mol. The molecule has 1 aliphatic heterocycles. The molecule has 4 aromatic rings. The zero-order valence-corrected chi connectivity index (χ0v) is 18.3. The van der Waals surface area contributed by atoms with Gasteiger partial charge in [0.05, 0.1) is 12.2 Å². The molecule has 2 aliphatic rings. The molecule has 4 aromatic carbocycles. The summed E-state index contributed by atoms with van der Waals surface area (Å²) in [6.07, 6.45) is -1.37. The minimum atomic E-state index is -0.737. The largest absolute Gasteiger partial charge is 0.508 e. The van der Waals surface area contributed by atoms with Crippen molar-refractivity contribution in [2.75, 3.05) is 0 Å². The lowest BCUT2D eigenvalue weighted by Gasteiger charge is -2.38. The first-order valence-corrected chi connectivity index (χ1v) is 11.2. The topological polar surface area (TPSA) is 131 Å². The predicted octanol–water partition coefficient (Wildman–Crippen LogP) is 5.01. The summed E-state index contributed by atoms with van der Waals surface area (Å²) in [5.41, 5.74) is 3.66. The molecule has 0 unspecified atom stereocenters. The smallest absolute Gasteiger partial charge is 0.123 e. The zero-order valence-electron chi connectivity index (χ0n) is 18.3. The van der Waals surface area contributed by atoms with Crippen LogP contribution in [0.25, 0.3) is 0 Å². The van der Waals surface area contributed by atoms with E-state index in [9.17, 15) is 30.6 Å². The summed E-state index contributed by atoms with van der Waals surface area (Å²) in [5, 5.41) is 62.6. The molecule has 0 amide bonds. The number of phenols is 6. The van der Waals surface area contributed by atoms with E-state index in [1.54, 1.807) is 60.7 Å². The molecule has 0 saturated heterocycles. The van der Waals surface area contributed by atoms with E-state index in [1.807, 2.05) is 0 Å². The molecule has 1 aliphatic carbocycles. The molecular weight excluding hydrogens is 448 g/mol. The number of hydrogen-bond donors (Lipinski definition) is 6. The third-order valence-corrected chi connectivity index (χ3v) is 6.99. The van der Waals surface area contributed by atoms with Crippen LogP contribution in [-0.2, 0) is 4.74 Å². The second-order valence-electron chi connectivity index (χ2n) is 9.05. The quantitative estimate of drug-likeness (QED) is 0.243. The molecular formula is C28H22O7. The van der Waals surface area contributed by atoms with Crippen LogP contribution in [0, 0.1) is 0 Å². The van der Waals surface area contributed by atoms with Crippen molar-refractivity contribution in [3.05, 3.63) is 106 Å². The Morgan fingerprint density at radius 1 is 0.457 bits per heavy atom. The van der Waals surface area contributed by atoms with Crippen LogP contribution < -0.4 is 0 Å². The van der Waals surface area contributed by atoms with E-state index in [4.69, 9.17) is 4.74 Å². The van der Waals surface area contributed by atoms with Crippen molar-refractivity contribution >= 4 is 0 Å². The van der Waals surface area contributed by atoms with E-state index in [0.717, 1.165) is 11.1 Å². The Morgan fingerprint density at radius 3 is 1.51 bits per heavy atom. The first kappa shape index (κ1) is 21.2. The summed E-state index contributed by atoms with van der Waals surface area (Å²) < 4.78 is 6.69. The fraction of sp³-hybridized carbons (Fsp3) is 0.143. The Balaban J connectivity index is 1.70. The number of rotatable bonds is 2. The van der Waals surface area contributed by atoms with E-state index in [-0.39, 0.29) is 34.5 Å². The SMILES string of the molecule is Oc1ccc([C@@H]2c3c(O)cc(O)cc3[C@H]3c4c(O)cc(O)cc4[C@@H]2O[C@H]3c2ccc(O)cc2)cc1. The molecule has 1 heterocycles. The highest BCUT2D eigenvalue weighted by molar-refractivity contribution is 5.64. The van der Waals surface area contributed by atoms with Crippen molar-refractivity contribution in [1.82, 2.24) is 0 Å². The normalized spacial score (nSPS) is 22.3. The second kappa shape index (κ2) is 7.58. The number of aromatic hydroxyl groups is 6. The van der Waals surface area contributed by atoms with Crippen LogP contribution in [0.1, 0.15) is 57.4 Å². The minimum Gasteiger partial charge on any atom is -0.508 e. The molecule has 6 rings (SSSR count). The van der Waals surface area contributed by atoms with Gasteiger partial charge in [0.2, 0.25) is 0 Å². The van der Waals surface area contributed by atoms with Crippen LogP contribution >= 0.6 is 0 Å². The molecule has 0 fully saturated rings. The van der Waals surface area contributed by atoms with Crippen LogP contribution in [0.15, 0.2) is 72.8 Å². The zero-order chi connectivity index (χ0) is 24.4. The summed E-state index contributed by atoms with van der Waals surface area (Å²) in [6.45, 7) is 0. The van der Waals surface area contributed by atoms with Crippen molar-refractivity contribution in [3.63, 3.8) is 0 Å². The van der Waals surface area contributed by atoms with Crippen LogP contribution in [-0.4, -0.2) is 30.6 Å². The van der Waals surface area contributed by atoms with E-state index in [1.165, 1.54) is 12.1 Å². The van der Waals surface area contributed by atoms with Gasteiger partial charge in [0.1, 0.15) is 34.5 Å². The number of hydrogen-bond acceptors (Lipinski definition) is 7. The summed E-state index contributed by atoms with van der Waals surface area (Å²) in [5.74, 6) is -1.56. The third kappa shape index (κ3) is 3.24. The minimum absolute atomic E-state index is 0.0837. The number of benzene rings is 4. The Hall–Kier alpha value is -4.36. The molecule has 176 valence electrons. The summed E-state index contributed by atoms with van der Waals surface area (Å²) in [7, 11) is 0. The Bertz CT molecular complexity index is 1440. The van der Waals surface area contributed by atoms with Gasteiger partial charge < -0.3 is 35.4 Å². The maximum absolute atomic E-state index is 11.1. The van der Waals surface area contributed by atoms with Crippen molar-refractivity contribution < 1.29 is 35.4 Å². The highest BCUT2D eigenvalue weighted by Crippen LogP contribution is 2.62. The lowest BCUT2D eigenvalue weighted by atomic mass is 9.79. The van der Waals surface area contributed by atoms with Gasteiger partial charge in [-0.25, -0.2) is 0 Å². The average molecular weight is 470 g/mol. The Labute approximate surface area is 200 Å². The number of ether oxygens (including phenoxy) is 1. The van der Waals surface area contributed by atoms with E-state index in [2.05, 4.69) is 0 Å². The van der Waals surface area contributed by atoms with Crippen LogP contribution in [0.3, 0.4) is 0 Å². The summed E-state index contributed by atoms with van der Waals surface area (Å²) in [4.78, 5) is 0. The molecule has 0 aromatic heterocycles. The van der Waals surface area contributed by atoms with Crippen LogP contribution in [0.5, 0.6) is 34.5 Å².